The molecule has 0 fully saturated rings. The lowest BCUT2D eigenvalue weighted by atomic mass is 10.0. The van der Waals surface area contributed by atoms with Gasteiger partial charge in [0.1, 0.15) is 5.57 Å². The van der Waals surface area contributed by atoms with Crippen LogP contribution in [0.4, 0.5) is 0 Å². The number of aliphatic imine (C=N–C) groups is 1. The summed E-state index contributed by atoms with van der Waals surface area (Å²) >= 11 is 0. The second-order valence-corrected chi connectivity index (χ2v) is 3.77. The number of cyclic esters (lactones) is 1. The normalized spacial score (nSPS) is 20.7. The lowest BCUT2D eigenvalue weighted by molar-refractivity contribution is -0.140. The Bertz CT molecular complexity index is 503. The predicted octanol–water partition coefficient (Wildman–Crippen LogP) is 2.19. The third-order valence-electron chi connectivity index (χ3n) is 2.73. The van der Waals surface area contributed by atoms with Gasteiger partial charge < -0.3 is 9.84 Å². The van der Waals surface area contributed by atoms with E-state index in [1.807, 2.05) is 18.2 Å². The average molecular weight is 231 g/mol. The van der Waals surface area contributed by atoms with Crippen molar-refractivity contribution in [1.82, 2.24) is 0 Å². The number of carbonyl (C=O) groups excluding carboxylic acids is 1. The minimum Gasteiger partial charge on any atom is -0.507 e. The zero-order chi connectivity index (χ0) is 12.4. The number of rotatable bonds is 2. The van der Waals surface area contributed by atoms with Crippen LogP contribution in [0.2, 0.25) is 0 Å². The molecule has 1 aliphatic rings. The first kappa shape index (κ1) is 11.4. The highest BCUT2D eigenvalue weighted by atomic mass is 16.6. The van der Waals surface area contributed by atoms with Crippen LogP contribution in [-0.4, -0.2) is 23.8 Å². The summed E-state index contributed by atoms with van der Waals surface area (Å²) in [4.78, 5) is 15.5. The number of hydrogen-bond acceptors (Lipinski definition) is 4. The number of ether oxygens (including phenoxy) is 1. The van der Waals surface area contributed by atoms with Gasteiger partial charge in [-0.1, -0.05) is 30.3 Å². The predicted molar refractivity (Wildman–Crippen MR) is 64.0 cm³/mol. The number of aliphatic hydroxyl groups excluding tert-OH is 1. The van der Waals surface area contributed by atoms with Gasteiger partial charge in [0.2, 0.25) is 0 Å². The fourth-order valence-electron chi connectivity index (χ4n) is 1.76. The van der Waals surface area contributed by atoms with Crippen molar-refractivity contribution < 1.29 is 14.6 Å². The number of esters is 1. The summed E-state index contributed by atoms with van der Waals surface area (Å²) in [6.45, 7) is 1.67. The molecule has 1 atom stereocenters. The first-order valence-corrected chi connectivity index (χ1v) is 5.28. The topological polar surface area (TPSA) is 58.9 Å². The Morgan fingerprint density at radius 2 is 2.00 bits per heavy atom. The maximum Gasteiger partial charge on any atom is 0.344 e. The number of aliphatic hydroxyl groups is 1. The number of nitrogens with zero attached hydrogens (tertiary/aromatic N) is 1. The Labute approximate surface area is 99.3 Å². The van der Waals surface area contributed by atoms with Crippen molar-refractivity contribution in [2.75, 3.05) is 7.05 Å². The van der Waals surface area contributed by atoms with Crippen LogP contribution in [0.25, 0.3) is 0 Å². The van der Waals surface area contributed by atoms with E-state index in [1.165, 1.54) is 0 Å². The van der Waals surface area contributed by atoms with Crippen molar-refractivity contribution in [3.8, 4) is 0 Å². The second-order valence-electron chi connectivity index (χ2n) is 3.77. The van der Waals surface area contributed by atoms with E-state index in [-0.39, 0.29) is 11.3 Å². The molecule has 1 heterocycles. The molecule has 0 radical (unpaired) electrons. The van der Waals surface area contributed by atoms with Gasteiger partial charge in [0.05, 0.1) is 0 Å². The molecule has 0 unspecified atom stereocenters. The summed E-state index contributed by atoms with van der Waals surface area (Å²) in [5.74, 6) is -0.594. The van der Waals surface area contributed by atoms with Crippen LogP contribution >= 0.6 is 0 Å². The Kier molecular flexibility index (Phi) is 2.95. The van der Waals surface area contributed by atoms with Crippen molar-refractivity contribution in [2.24, 2.45) is 4.99 Å². The molecule has 0 saturated heterocycles. The molecule has 2 rings (SSSR count). The Hall–Kier alpha value is -2.10. The standard InChI is InChI=1S/C13H13NO3/c1-8(14-2)10-11(15)12(17-13(10)16)9-6-4-3-5-7-9/h3-7,12,15H,1-2H3/t12-/m1/s1. The molecule has 0 spiro atoms. The Morgan fingerprint density at radius 1 is 1.35 bits per heavy atom. The Balaban J connectivity index is 2.42. The van der Waals surface area contributed by atoms with Gasteiger partial charge >= 0.3 is 5.97 Å². The maximum absolute atomic E-state index is 11.6. The molecule has 0 saturated carbocycles. The van der Waals surface area contributed by atoms with Crippen LogP contribution in [0.3, 0.4) is 0 Å². The fourth-order valence-corrected chi connectivity index (χ4v) is 1.76. The molecule has 1 aromatic carbocycles. The van der Waals surface area contributed by atoms with Crippen LogP contribution < -0.4 is 0 Å². The van der Waals surface area contributed by atoms with Crippen molar-refractivity contribution in [2.45, 2.75) is 13.0 Å². The van der Waals surface area contributed by atoms with Gasteiger partial charge in [0, 0.05) is 18.3 Å². The van der Waals surface area contributed by atoms with Crippen molar-refractivity contribution in [3.63, 3.8) is 0 Å². The highest BCUT2D eigenvalue weighted by Gasteiger charge is 2.36. The smallest absolute Gasteiger partial charge is 0.344 e. The zero-order valence-electron chi connectivity index (χ0n) is 9.68. The highest BCUT2D eigenvalue weighted by Crippen LogP contribution is 2.33. The molecular formula is C13H13NO3. The van der Waals surface area contributed by atoms with Gasteiger partial charge in [-0.05, 0) is 6.92 Å². The lowest BCUT2D eigenvalue weighted by Crippen LogP contribution is -2.07. The summed E-state index contributed by atoms with van der Waals surface area (Å²) in [7, 11) is 1.57. The molecule has 17 heavy (non-hydrogen) atoms. The van der Waals surface area contributed by atoms with Crippen LogP contribution in [0.5, 0.6) is 0 Å². The molecule has 4 heteroatoms. The SMILES string of the molecule is CN=C(C)C1=C(O)[C@@H](c2ccccc2)OC1=O. The minimum absolute atomic E-state index is 0.0655. The van der Waals surface area contributed by atoms with Crippen LogP contribution in [-0.2, 0) is 9.53 Å². The van der Waals surface area contributed by atoms with E-state index in [0.29, 0.717) is 5.71 Å². The number of hydrogen-bond donors (Lipinski definition) is 1. The van der Waals surface area contributed by atoms with E-state index in [4.69, 9.17) is 4.74 Å². The molecular weight excluding hydrogens is 218 g/mol. The van der Waals surface area contributed by atoms with Gasteiger partial charge in [0.15, 0.2) is 11.9 Å². The maximum atomic E-state index is 11.6. The van der Waals surface area contributed by atoms with E-state index in [2.05, 4.69) is 4.99 Å². The molecule has 0 aromatic heterocycles. The summed E-state index contributed by atoms with van der Waals surface area (Å²) < 4.78 is 5.15. The van der Waals surface area contributed by atoms with Crippen molar-refractivity contribution >= 4 is 11.7 Å². The van der Waals surface area contributed by atoms with Gasteiger partial charge in [-0.2, -0.15) is 0 Å². The van der Waals surface area contributed by atoms with Crippen LogP contribution in [0, 0.1) is 0 Å². The third kappa shape index (κ3) is 1.93. The van der Waals surface area contributed by atoms with Gasteiger partial charge in [-0.3, -0.25) is 4.99 Å². The monoisotopic (exact) mass is 231 g/mol. The van der Waals surface area contributed by atoms with Gasteiger partial charge in [-0.25, -0.2) is 4.79 Å². The molecule has 1 aliphatic heterocycles. The first-order chi connectivity index (χ1) is 8.15. The summed E-state index contributed by atoms with van der Waals surface area (Å²) in [5, 5.41) is 10.0. The summed E-state index contributed by atoms with van der Waals surface area (Å²) in [6.07, 6.45) is -0.713. The average Bonchev–Trinajstić information content (AvgIpc) is 2.65. The van der Waals surface area contributed by atoms with E-state index < -0.39 is 12.1 Å². The largest absolute Gasteiger partial charge is 0.507 e. The Morgan fingerprint density at radius 3 is 2.59 bits per heavy atom. The zero-order valence-corrected chi connectivity index (χ0v) is 9.68. The molecule has 1 N–H and O–H groups in total. The molecule has 4 nitrogen and oxygen atoms in total. The van der Waals surface area contributed by atoms with E-state index in [0.717, 1.165) is 5.56 Å². The highest BCUT2D eigenvalue weighted by molar-refractivity contribution is 6.20. The van der Waals surface area contributed by atoms with E-state index in [1.54, 1.807) is 26.1 Å². The second kappa shape index (κ2) is 4.41. The molecule has 0 aliphatic carbocycles. The first-order valence-electron chi connectivity index (χ1n) is 5.28. The van der Waals surface area contributed by atoms with Crippen molar-refractivity contribution in [1.29, 1.82) is 0 Å². The van der Waals surface area contributed by atoms with Crippen LogP contribution in [0.15, 0.2) is 46.7 Å². The van der Waals surface area contributed by atoms with Gasteiger partial charge in [-0.15, -0.1) is 0 Å². The molecule has 0 bridgehead atoms. The summed E-state index contributed by atoms with van der Waals surface area (Å²) in [6, 6.07) is 9.12. The van der Waals surface area contributed by atoms with Crippen LogP contribution in [0.1, 0.15) is 18.6 Å². The molecule has 1 aromatic rings. The number of carbonyl (C=O) groups is 1. The molecule has 0 amide bonds. The molecule has 88 valence electrons. The van der Waals surface area contributed by atoms with Crippen molar-refractivity contribution in [3.05, 3.63) is 47.2 Å². The quantitative estimate of drug-likeness (QED) is 0.627. The number of benzene rings is 1. The summed E-state index contributed by atoms with van der Waals surface area (Å²) in [5.41, 5.74) is 1.39. The van der Waals surface area contributed by atoms with E-state index >= 15 is 0 Å². The minimum atomic E-state index is -0.713. The fraction of sp³-hybridized carbons (Fsp3) is 0.231. The lowest BCUT2D eigenvalue weighted by Gasteiger charge is -2.09. The third-order valence-corrected chi connectivity index (χ3v) is 2.73. The van der Waals surface area contributed by atoms with E-state index in [9.17, 15) is 9.90 Å². The van der Waals surface area contributed by atoms with Gasteiger partial charge in [0.25, 0.3) is 0 Å².